The minimum atomic E-state index is -3.52. The smallest absolute Gasteiger partial charge is 0.246 e. The molecule has 1 aliphatic heterocycles. The normalized spacial score (nSPS) is 18.1. The number of nitrogens with zero attached hydrogens (tertiary/aromatic N) is 3. The molecule has 0 radical (unpaired) electrons. The second-order valence-electron chi connectivity index (χ2n) is 4.59. The van der Waals surface area contributed by atoms with Crippen LogP contribution in [0.25, 0.3) is 0 Å². The van der Waals surface area contributed by atoms with Gasteiger partial charge < -0.3 is 10.4 Å². The van der Waals surface area contributed by atoms with Crippen molar-refractivity contribution in [2.75, 3.05) is 51.7 Å². The van der Waals surface area contributed by atoms with Crippen LogP contribution in [0.15, 0.2) is 23.4 Å². The van der Waals surface area contributed by atoms with Gasteiger partial charge in [-0.3, -0.25) is 9.88 Å². The SMILES string of the molecule is CNc1ccncc1S(=O)(=O)N1CCN(CCO)CC1. The van der Waals surface area contributed by atoms with Gasteiger partial charge in [0.25, 0.3) is 0 Å². The summed E-state index contributed by atoms with van der Waals surface area (Å²) >= 11 is 0. The standard InChI is InChI=1S/C12H20N4O3S/c1-13-11-2-3-14-10-12(11)20(18,19)16-6-4-15(5-7-16)8-9-17/h2-3,10,17H,4-9H2,1H3,(H,13,14). The lowest BCUT2D eigenvalue weighted by molar-refractivity contribution is 0.151. The van der Waals surface area contributed by atoms with E-state index < -0.39 is 10.0 Å². The number of sulfonamides is 1. The molecule has 2 rings (SSSR count). The molecule has 0 unspecified atom stereocenters. The zero-order valence-electron chi connectivity index (χ0n) is 11.5. The second kappa shape index (κ2) is 6.49. The maximum absolute atomic E-state index is 12.6. The number of rotatable bonds is 5. The average Bonchev–Trinajstić information content (AvgIpc) is 2.48. The van der Waals surface area contributed by atoms with E-state index in [0.717, 1.165) is 0 Å². The Kier molecular flexibility index (Phi) is 4.92. The van der Waals surface area contributed by atoms with E-state index in [-0.39, 0.29) is 11.5 Å². The van der Waals surface area contributed by atoms with Crippen LogP contribution in [0.4, 0.5) is 5.69 Å². The van der Waals surface area contributed by atoms with Crippen molar-refractivity contribution in [1.82, 2.24) is 14.2 Å². The van der Waals surface area contributed by atoms with Gasteiger partial charge in [0, 0.05) is 52.2 Å². The van der Waals surface area contributed by atoms with Crippen molar-refractivity contribution in [2.45, 2.75) is 4.90 Å². The van der Waals surface area contributed by atoms with E-state index in [4.69, 9.17) is 5.11 Å². The van der Waals surface area contributed by atoms with Crippen molar-refractivity contribution in [3.8, 4) is 0 Å². The second-order valence-corrected chi connectivity index (χ2v) is 6.50. The molecule has 112 valence electrons. The molecule has 2 heterocycles. The number of nitrogens with one attached hydrogen (secondary N) is 1. The van der Waals surface area contributed by atoms with Crippen LogP contribution in [0.1, 0.15) is 0 Å². The number of aliphatic hydroxyl groups excluding tert-OH is 1. The quantitative estimate of drug-likeness (QED) is 0.757. The Morgan fingerprint density at radius 3 is 2.65 bits per heavy atom. The Hall–Kier alpha value is -1.22. The van der Waals surface area contributed by atoms with Crippen LogP contribution < -0.4 is 5.32 Å². The Balaban J connectivity index is 2.16. The van der Waals surface area contributed by atoms with Crippen LogP contribution in [0.3, 0.4) is 0 Å². The first-order valence-corrected chi connectivity index (χ1v) is 7.98. The number of anilines is 1. The third-order valence-corrected chi connectivity index (χ3v) is 5.35. The lowest BCUT2D eigenvalue weighted by Crippen LogP contribution is -2.49. The summed E-state index contributed by atoms with van der Waals surface area (Å²) in [6.45, 7) is 2.81. The Bertz CT molecular complexity index is 541. The largest absolute Gasteiger partial charge is 0.395 e. The third kappa shape index (κ3) is 3.09. The maximum atomic E-state index is 12.6. The molecule has 1 fully saturated rings. The van der Waals surface area contributed by atoms with E-state index in [0.29, 0.717) is 38.4 Å². The first-order valence-electron chi connectivity index (χ1n) is 6.54. The Labute approximate surface area is 119 Å². The van der Waals surface area contributed by atoms with Crippen LogP contribution >= 0.6 is 0 Å². The van der Waals surface area contributed by atoms with E-state index in [1.165, 1.54) is 10.5 Å². The predicted molar refractivity (Wildman–Crippen MR) is 76.1 cm³/mol. The van der Waals surface area contributed by atoms with Crippen molar-refractivity contribution in [1.29, 1.82) is 0 Å². The van der Waals surface area contributed by atoms with E-state index in [2.05, 4.69) is 10.3 Å². The summed E-state index contributed by atoms with van der Waals surface area (Å²) in [4.78, 5) is 6.17. The molecule has 0 aromatic carbocycles. The zero-order chi connectivity index (χ0) is 14.6. The van der Waals surface area contributed by atoms with Crippen molar-refractivity contribution < 1.29 is 13.5 Å². The summed E-state index contributed by atoms with van der Waals surface area (Å²) in [6, 6.07) is 1.65. The molecule has 20 heavy (non-hydrogen) atoms. The average molecular weight is 300 g/mol. The van der Waals surface area contributed by atoms with Crippen LogP contribution in [0.2, 0.25) is 0 Å². The van der Waals surface area contributed by atoms with Gasteiger partial charge in [-0.15, -0.1) is 0 Å². The fourth-order valence-electron chi connectivity index (χ4n) is 2.27. The monoisotopic (exact) mass is 300 g/mol. The molecule has 8 heteroatoms. The summed E-state index contributed by atoms with van der Waals surface area (Å²) < 4.78 is 26.7. The van der Waals surface area contributed by atoms with E-state index >= 15 is 0 Å². The Morgan fingerprint density at radius 2 is 2.05 bits per heavy atom. The highest BCUT2D eigenvalue weighted by Crippen LogP contribution is 2.23. The number of aromatic nitrogens is 1. The van der Waals surface area contributed by atoms with Gasteiger partial charge in [-0.2, -0.15) is 4.31 Å². The molecule has 1 saturated heterocycles. The molecule has 0 atom stereocenters. The lowest BCUT2D eigenvalue weighted by Gasteiger charge is -2.33. The number of hydrogen-bond acceptors (Lipinski definition) is 6. The third-order valence-electron chi connectivity index (χ3n) is 3.42. The molecule has 0 amide bonds. The number of piperazine rings is 1. The minimum absolute atomic E-state index is 0.0965. The van der Waals surface area contributed by atoms with Gasteiger partial charge in [-0.05, 0) is 6.07 Å². The van der Waals surface area contributed by atoms with Gasteiger partial charge in [-0.25, -0.2) is 8.42 Å². The fourth-order valence-corrected chi connectivity index (χ4v) is 3.83. The highest BCUT2D eigenvalue weighted by Gasteiger charge is 2.30. The van der Waals surface area contributed by atoms with Crippen LogP contribution in [-0.2, 0) is 10.0 Å². The number of pyridine rings is 1. The van der Waals surface area contributed by atoms with Gasteiger partial charge >= 0.3 is 0 Å². The van der Waals surface area contributed by atoms with Crippen molar-refractivity contribution in [3.63, 3.8) is 0 Å². The van der Waals surface area contributed by atoms with Gasteiger partial charge in [-0.1, -0.05) is 0 Å². The zero-order valence-corrected chi connectivity index (χ0v) is 12.3. The van der Waals surface area contributed by atoms with Crippen molar-refractivity contribution in [3.05, 3.63) is 18.5 Å². The predicted octanol–water partition coefficient (Wildman–Crippen LogP) is -0.578. The highest BCUT2D eigenvalue weighted by atomic mass is 32.2. The topological polar surface area (TPSA) is 85.8 Å². The number of hydrogen-bond donors (Lipinski definition) is 2. The molecule has 0 saturated carbocycles. The number of aliphatic hydroxyl groups is 1. The molecule has 1 aliphatic rings. The summed E-state index contributed by atoms with van der Waals surface area (Å²) in [5, 5.41) is 11.8. The molecule has 1 aromatic heterocycles. The van der Waals surface area contributed by atoms with Crippen LogP contribution in [0.5, 0.6) is 0 Å². The summed E-state index contributed by atoms with van der Waals surface area (Å²) in [5.41, 5.74) is 0.554. The molecule has 0 spiro atoms. The van der Waals surface area contributed by atoms with Gasteiger partial charge in [0.05, 0.1) is 12.3 Å². The first kappa shape index (κ1) is 15.2. The van der Waals surface area contributed by atoms with Gasteiger partial charge in [0.15, 0.2) is 0 Å². The summed E-state index contributed by atoms with van der Waals surface area (Å²) in [6.07, 6.45) is 2.94. The van der Waals surface area contributed by atoms with E-state index in [1.807, 2.05) is 4.90 Å². The van der Waals surface area contributed by atoms with Crippen LogP contribution in [-0.4, -0.2) is 74.1 Å². The number of β-amino-alcohol motifs (C(OH)–C–C–N with tert-alkyl or cyclic N) is 1. The molecule has 7 nitrogen and oxygen atoms in total. The van der Waals surface area contributed by atoms with Gasteiger partial charge in [0.1, 0.15) is 4.90 Å². The first-order chi connectivity index (χ1) is 9.59. The molecular formula is C12H20N4O3S. The minimum Gasteiger partial charge on any atom is -0.395 e. The summed E-state index contributed by atoms with van der Waals surface area (Å²) in [5.74, 6) is 0. The molecule has 0 bridgehead atoms. The lowest BCUT2D eigenvalue weighted by atomic mass is 10.4. The maximum Gasteiger partial charge on any atom is 0.246 e. The molecule has 0 aliphatic carbocycles. The fraction of sp³-hybridized carbons (Fsp3) is 0.583. The van der Waals surface area contributed by atoms with Gasteiger partial charge in [0.2, 0.25) is 10.0 Å². The molecular weight excluding hydrogens is 280 g/mol. The summed E-state index contributed by atoms with van der Waals surface area (Å²) in [7, 11) is -1.84. The van der Waals surface area contributed by atoms with Crippen molar-refractivity contribution in [2.24, 2.45) is 0 Å². The van der Waals surface area contributed by atoms with Crippen molar-refractivity contribution >= 4 is 15.7 Å². The Morgan fingerprint density at radius 1 is 1.35 bits per heavy atom. The van der Waals surface area contributed by atoms with Crippen LogP contribution in [0, 0.1) is 0 Å². The molecule has 1 aromatic rings. The van der Waals surface area contributed by atoms with E-state index in [9.17, 15) is 8.42 Å². The van der Waals surface area contributed by atoms with E-state index in [1.54, 1.807) is 19.3 Å². The highest BCUT2D eigenvalue weighted by molar-refractivity contribution is 7.89. The molecule has 2 N–H and O–H groups in total.